The average Bonchev–Trinajstić information content (AvgIpc) is 1.90. The molecule has 0 aromatic rings. The molecule has 1 saturated heterocycles. The summed E-state index contributed by atoms with van der Waals surface area (Å²) < 4.78 is 10.5. The molecule has 0 spiro atoms. The van der Waals surface area contributed by atoms with Crippen molar-refractivity contribution in [3.05, 3.63) is 0 Å². The van der Waals surface area contributed by atoms with Gasteiger partial charge in [-0.15, -0.1) is 0 Å². The maximum absolute atomic E-state index is 5.27. The van der Waals surface area contributed by atoms with Crippen molar-refractivity contribution in [2.45, 2.75) is 24.5 Å². The van der Waals surface area contributed by atoms with E-state index in [0.29, 0.717) is 4.83 Å². The zero-order valence-electron chi connectivity index (χ0n) is 5.47. The van der Waals surface area contributed by atoms with Gasteiger partial charge in [-0.1, -0.05) is 15.9 Å². The van der Waals surface area contributed by atoms with Crippen LogP contribution in [0, 0.1) is 0 Å². The van der Waals surface area contributed by atoms with E-state index in [2.05, 4.69) is 15.9 Å². The molecule has 2 nitrogen and oxygen atoms in total. The van der Waals surface area contributed by atoms with Crippen molar-refractivity contribution in [3.8, 4) is 0 Å². The molecular formula is C6H13BrMgO2. The van der Waals surface area contributed by atoms with Gasteiger partial charge in [-0.3, -0.25) is 0 Å². The quantitative estimate of drug-likeness (QED) is 0.477. The normalized spacial score (nSPS) is 23.4. The van der Waals surface area contributed by atoms with Crippen LogP contribution in [-0.2, 0) is 9.47 Å². The van der Waals surface area contributed by atoms with Crippen LogP contribution >= 0.6 is 15.9 Å². The van der Waals surface area contributed by atoms with E-state index in [4.69, 9.17) is 9.47 Å². The van der Waals surface area contributed by atoms with Crippen LogP contribution in [0.1, 0.15) is 13.3 Å². The molecule has 1 unspecified atom stereocenters. The lowest BCUT2D eigenvalue weighted by molar-refractivity contribution is -0.174. The molecule has 1 aliphatic rings. The fourth-order valence-electron chi connectivity index (χ4n) is 0.771. The zero-order valence-corrected chi connectivity index (χ0v) is 7.06. The van der Waals surface area contributed by atoms with Crippen LogP contribution < -0.4 is 0 Å². The third-order valence-corrected chi connectivity index (χ3v) is 1.66. The predicted octanol–water partition coefficient (Wildman–Crippen LogP) is 0.617. The Labute approximate surface area is 85.9 Å². The number of halogens is 1. The molecule has 0 amide bonds. The molecular weight excluding hydrogens is 208 g/mol. The van der Waals surface area contributed by atoms with Gasteiger partial charge in [0.2, 0.25) is 0 Å². The Kier molecular flexibility index (Phi) is 6.44. The highest BCUT2D eigenvalue weighted by Gasteiger charge is 2.18. The molecule has 10 heavy (non-hydrogen) atoms. The third-order valence-electron chi connectivity index (χ3n) is 1.23. The molecule has 58 valence electrons. The van der Waals surface area contributed by atoms with Crippen LogP contribution in [0.4, 0.5) is 0 Å². The van der Waals surface area contributed by atoms with Gasteiger partial charge < -0.3 is 9.47 Å². The van der Waals surface area contributed by atoms with Gasteiger partial charge >= 0.3 is 23.1 Å². The van der Waals surface area contributed by atoms with Crippen molar-refractivity contribution in [2.75, 3.05) is 13.2 Å². The Morgan fingerprint density at radius 2 is 1.90 bits per heavy atom. The molecule has 0 radical (unpaired) electrons. The van der Waals surface area contributed by atoms with Crippen molar-refractivity contribution < 1.29 is 9.47 Å². The molecule has 1 fully saturated rings. The van der Waals surface area contributed by atoms with Crippen LogP contribution in [0.25, 0.3) is 0 Å². The van der Waals surface area contributed by atoms with Crippen LogP contribution in [0.2, 0.25) is 0 Å². The molecule has 1 aliphatic heterocycles. The minimum Gasteiger partial charge on any atom is -0.351 e. The van der Waals surface area contributed by atoms with Crippen LogP contribution in [0.5, 0.6) is 0 Å². The topological polar surface area (TPSA) is 18.5 Å². The van der Waals surface area contributed by atoms with Crippen LogP contribution in [0.15, 0.2) is 0 Å². The second-order valence-electron chi connectivity index (χ2n) is 2.14. The molecule has 0 aliphatic carbocycles. The van der Waals surface area contributed by atoms with Gasteiger partial charge in [0.05, 0.1) is 18.0 Å². The van der Waals surface area contributed by atoms with E-state index >= 15 is 0 Å². The van der Waals surface area contributed by atoms with Gasteiger partial charge in [0.25, 0.3) is 0 Å². The Morgan fingerprint density at radius 3 is 2.20 bits per heavy atom. The number of rotatable bonds is 1. The zero-order chi connectivity index (χ0) is 6.69. The van der Waals surface area contributed by atoms with E-state index in [9.17, 15) is 0 Å². The van der Waals surface area contributed by atoms with Gasteiger partial charge in [-0.2, -0.15) is 0 Å². The minimum absolute atomic E-state index is 0. The van der Waals surface area contributed by atoms with Crippen molar-refractivity contribution in [2.24, 2.45) is 0 Å². The molecule has 0 aromatic heterocycles. The van der Waals surface area contributed by atoms with E-state index in [0.717, 1.165) is 19.6 Å². The van der Waals surface area contributed by atoms with Crippen molar-refractivity contribution >= 4 is 39.0 Å². The first kappa shape index (κ1) is 11.2. The van der Waals surface area contributed by atoms with Crippen molar-refractivity contribution in [3.63, 3.8) is 0 Å². The Morgan fingerprint density at radius 1 is 1.40 bits per heavy atom. The summed E-state index contributed by atoms with van der Waals surface area (Å²) in [5.74, 6) is 0. The smallest absolute Gasteiger partial charge is 0.316 e. The standard InChI is InChI=1S/C6H11BrO2.Mg.2H/c1-5(7)6-8-3-2-4-9-6;;;/h5-6H,2-4H2,1H3;;;. The molecule has 4 heteroatoms. The predicted molar refractivity (Wildman–Crippen MR) is 47.2 cm³/mol. The molecule has 1 rings (SSSR count). The lowest BCUT2D eigenvalue weighted by Gasteiger charge is -2.24. The molecule has 1 heterocycles. The Bertz CT molecular complexity index is 83.8. The number of ether oxygens (including phenoxy) is 2. The summed E-state index contributed by atoms with van der Waals surface area (Å²) in [5, 5.41) is 0. The first-order valence-electron chi connectivity index (χ1n) is 3.18. The van der Waals surface area contributed by atoms with E-state index < -0.39 is 0 Å². The van der Waals surface area contributed by atoms with Gasteiger partial charge in [0.15, 0.2) is 6.29 Å². The third kappa shape index (κ3) is 3.53. The first-order valence-corrected chi connectivity index (χ1v) is 4.09. The highest BCUT2D eigenvalue weighted by molar-refractivity contribution is 9.09. The lowest BCUT2D eigenvalue weighted by Crippen LogP contribution is -2.30. The fourth-order valence-corrected chi connectivity index (χ4v) is 1.08. The largest absolute Gasteiger partial charge is 0.351 e. The van der Waals surface area contributed by atoms with Crippen molar-refractivity contribution in [1.29, 1.82) is 0 Å². The summed E-state index contributed by atoms with van der Waals surface area (Å²) in [4.78, 5) is 0.304. The Balaban J connectivity index is 0.000000810. The van der Waals surface area contributed by atoms with Crippen LogP contribution in [-0.4, -0.2) is 47.4 Å². The summed E-state index contributed by atoms with van der Waals surface area (Å²) in [7, 11) is 0. The summed E-state index contributed by atoms with van der Waals surface area (Å²) >= 11 is 3.39. The van der Waals surface area contributed by atoms with E-state index in [-0.39, 0.29) is 29.3 Å². The summed E-state index contributed by atoms with van der Waals surface area (Å²) in [6.07, 6.45) is 0.995. The molecule has 0 N–H and O–H groups in total. The van der Waals surface area contributed by atoms with Gasteiger partial charge in [0, 0.05) is 0 Å². The second-order valence-corrected chi connectivity index (χ2v) is 3.59. The molecule has 0 bridgehead atoms. The van der Waals surface area contributed by atoms with Crippen molar-refractivity contribution in [1.82, 2.24) is 0 Å². The monoisotopic (exact) mass is 220 g/mol. The van der Waals surface area contributed by atoms with E-state index in [1.807, 2.05) is 6.92 Å². The summed E-state index contributed by atoms with van der Waals surface area (Å²) in [6.45, 7) is 3.69. The molecule has 1 atom stereocenters. The fraction of sp³-hybridized carbons (Fsp3) is 1.00. The highest BCUT2D eigenvalue weighted by atomic mass is 79.9. The first-order chi connectivity index (χ1) is 4.30. The highest BCUT2D eigenvalue weighted by Crippen LogP contribution is 2.14. The maximum Gasteiger partial charge on any atom is 0.316 e. The van der Waals surface area contributed by atoms with E-state index in [1.165, 1.54) is 0 Å². The summed E-state index contributed by atoms with van der Waals surface area (Å²) in [5.41, 5.74) is 0. The van der Waals surface area contributed by atoms with Gasteiger partial charge in [-0.05, 0) is 13.3 Å². The van der Waals surface area contributed by atoms with Gasteiger partial charge in [0.1, 0.15) is 0 Å². The average molecular weight is 221 g/mol. The number of hydrogen-bond donors (Lipinski definition) is 0. The summed E-state index contributed by atoms with van der Waals surface area (Å²) in [6, 6.07) is 0. The second kappa shape index (κ2) is 5.77. The molecule has 0 saturated carbocycles. The number of alkyl halides is 1. The maximum atomic E-state index is 5.27. The lowest BCUT2D eigenvalue weighted by atomic mass is 10.4. The van der Waals surface area contributed by atoms with Gasteiger partial charge in [-0.25, -0.2) is 0 Å². The molecule has 0 aromatic carbocycles. The van der Waals surface area contributed by atoms with E-state index in [1.54, 1.807) is 0 Å². The minimum atomic E-state index is -0.0289. The Hall–Kier alpha value is 1.17. The SMILES string of the molecule is CC(Br)C1OCCCO1.[MgH2]. The van der Waals surface area contributed by atoms with Crippen LogP contribution in [0.3, 0.4) is 0 Å². The number of hydrogen-bond acceptors (Lipinski definition) is 2.